The summed E-state index contributed by atoms with van der Waals surface area (Å²) in [6, 6.07) is 0. The Morgan fingerprint density at radius 1 is 0.968 bits per heavy atom. The number of rotatable bonds is 5. The lowest BCUT2D eigenvalue weighted by Crippen LogP contribution is -2.47. The first-order valence-corrected chi connectivity index (χ1v) is 14.6. The van der Waals surface area contributed by atoms with Gasteiger partial charge in [-0.1, -0.05) is 90.6 Å². The maximum absolute atomic E-state index is 12.1. The average Bonchev–Trinajstić information content (AvgIpc) is 3.09. The van der Waals surface area contributed by atoms with E-state index in [0.717, 1.165) is 31.1 Å². The van der Waals surface area contributed by atoms with Crippen molar-refractivity contribution in [2.75, 3.05) is 0 Å². The molecule has 0 radical (unpaired) electrons. The van der Waals surface area contributed by atoms with Crippen LogP contribution in [0.4, 0.5) is 0 Å². The Morgan fingerprint density at radius 2 is 1.68 bits per heavy atom. The molecule has 0 unspecified atom stereocenters. The minimum atomic E-state index is 0.231. The summed E-state index contributed by atoms with van der Waals surface area (Å²) < 4.78 is 0. The van der Waals surface area contributed by atoms with Gasteiger partial charge in [-0.25, -0.2) is 0 Å². The number of carbonyl (C=O) groups excluding carboxylic acids is 1. The molecular weight excluding hydrogens is 512 g/mol. The van der Waals surface area contributed by atoms with Gasteiger partial charge in [-0.2, -0.15) is 0 Å². The van der Waals surface area contributed by atoms with Gasteiger partial charge in [-0.3, -0.25) is 4.79 Å². The predicted octanol–water partition coefficient (Wildman–Crippen LogP) is 8.51. The topological polar surface area (TPSA) is 17.1 Å². The molecule has 0 saturated heterocycles. The zero-order valence-corrected chi connectivity index (χ0v) is 23.6. The van der Waals surface area contributed by atoms with Crippen molar-refractivity contribution in [1.82, 2.24) is 0 Å². The third kappa shape index (κ3) is 3.90. The summed E-state index contributed by atoms with van der Waals surface area (Å²) >= 11 is 8.23. The van der Waals surface area contributed by atoms with Gasteiger partial charge in [0.15, 0.2) is 5.78 Å². The molecule has 2 fully saturated rings. The second-order valence-corrected chi connectivity index (χ2v) is 14.3. The Labute approximate surface area is 207 Å². The van der Waals surface area contributed by atoms with Crippen molar-refractivity contribution in [2.45, 2.75) is 96.1 Å². The summed E-state index contributed by atoms with van der Waals surface area (Å²) in [6.07, 6.45) is 12.8. The molecule has 31 heavy (non-hydrogen) atoms. The number of hydrogen-bond donors (Lipinski definition) is 0. The highest BCUT2D eigenvalue weighted by molar-refractivity contribution is 9.12. The molecule has 4 rings (SSSR count). The summed E-state index contributed by atoms with van der Waals surface area (Å²) in [6.45, 7) is 14.7. The van der Waals surface area contributed by atoms with E-state index in [2.05, 4.69) is 79.5 Å². The van der Waals surface area contributed by atoms with Gasteiger partial charge in [-0.15, -0.1) is 0 Å². The third-order valence-corrected chi connectivity index (χ3v) is 14.0. The number of carbonyl (C=O) groups is 1. The Kier molecular flexibility index (Phi) is 6.81. The normalized spacial score (nSPS) is 41.5. The zero-order valence-electron chi connectivity index (χ0n) is 20.4. The average molecular weight is 554 g/mol. The van der Waals surface area contributed by atoms with Crippen molar-refractivity contribution in [2.24, 2.45) is 46.3 Å². The number of alkyl halides is 2. The highest BCUT2D eigenvalue weighted by Gasteiger charge is 2.57. The van der Waals surface area contributed by atoms with Gasteiger partial charge in [0.2, 0.25) is 0 Å². The van der Waals surface area contributed by atoms with Crippen LogP contribution in [0.25, 0.3) is 0 Å². The summed E-state index contributed by atoms with van der Waals surface area (Å²) in [5, 5.41) is 0. The Hall–Kier alpha value is 0.110. The van der Waals surface area contributed by atoms with Crippen molar-refractivity contribution in [3.63, 3.8) is 0 Å². The Balaban J connectivity index is 1.57. The fourth-order valence-corrected chi connectivity index (χ4v) is 9.87. The van der Waals surface area contributed by atoms with Crippen LogP contribution in [-0.4, -0.2) is 15.4 Å². The second kappa shape index (κ2) is 8.71. The van der Waals surface area contributed by atoms with Crippen LogP contribution in [0.1, 0.15) is 86.5 Å². The van der Waals surface area contributed by atoms with Gasteiger partial charge in [0.1, 0.15) is 0 Å². The maximum Gasteiger partial charge on any atom is 0.155 e. The van der Waals surface area contributed by atoms with Gasteiger partial charge in [0.25, 0.3) is 0 Å². The lowest BCUT2D eigenvalue weighted by Gasteiger charge is -2.55. The van der Waals surface area contributed by atoms with Gasteiger partial charge in [-0.05, 0) is 90.9 Å². The summed E-state index contributed by atoms with van der Waals surface area (Å²) in [4.78, 5) is 13.1. The monoisotopic (exact) mass is 552 g/mol. The second-order valence-electron chi connectivity index (χ2n) is 12.1. The number of hydrogen-bond acceptors (Lipinski definition) is 1. The van der Waals surface area contributed by atoms with E-state index in [0.29, 0.717) is 44.5 Å². The number of ketones is 1. The first-order valence-electron chi connectivity index (χ1n) is 12.7. The van der Waals surface area contributed by atoms with Crippen LogP contribution < -0.4 is 0 Å². The van der Waals surface area contributed by atoms with Gasteiger partial charge in [0.05, 0.1) is 0 Å². The lowest BCUT2D eigenvalue weighted by molar-refractivity contribution is -0.116. The van der Waals surface area contributed by atoms with E-state index >= 15 is 0 Å². The maximum atomic E-state index is 12.1. The molecular formula is C28H42Br2O. The van der Waals surface area contributed by atoms with Gasteiger partial charge in [0, 0.05) is 16.1 Å². The molecule has 2 saturated carbocycles. The standard InChI is InChI=1S/C28H42Br2O/c1-16(2)17(3)25(29)26(30)18(4)22-9-10-23-21-8-7-19-15-20(31)11-13-27(19,5)24(21)12-14-28(22,23)6/h8,15-18,22-26H,7,9-14H2,1-6H3/t17-,18+,22+,23-,24+,25+,26-,27+,28-/m1/s1. The quantitative estimate of drug-likeness (QED) is 0.246. The number of halogens is 2. The summed E-state index contributed by atoms with van der Waals surface area (Å²) in [5.41, 5.74) is 3.85. The highest BCUT2D eigenvalue weighted by atomic mass is 79.9. The van der Waals surface area contributed by atoms with Gasteiger partial charge < -0.3 is 0 Å². The van der Waals surface area contributed by atoms with Crippen LogP contribution in [0, 0.1) is 46.3 Å². The van der Waals surface area contributed by atoms with E-state index in [1.54, 1.807) is 5.57 Å². The van der Waals surface area contributed by atoms with E-state index in [4.69, 9.17) is 0 Å². The molecule has 9 atom stereocenters. The third-order valence-electron chi connectivity index (χ3n) is 10.5. The first kappa shape index (κ1) is 24.2. The molecule has 0 aromatic heterocycles. The fraction of sp³-hybridized carbons (Fsp3) is 0.821. The minimum absolute atomic E-state index is 0.231. The first-order chi connectivity index (χ1) is 14.5. The van der Waals surface area contributed by atoms with Crippen molar-refractivity contribution in [1.29, 1.82) is 0 Å². The Morgan fingerprint density at radius 3 is 2.35 bits per heavy atom. The fourth-order valence-electron chi connectivity index (χ4n) is 7.93. The summed E-state index contributed by atoms with van der Waals surface area (Å²) in [7, 11) is 0. The molecule has 4 aliphatic carbocycles. The van der Waals surface area contributed by atoms with E-state index < -0.39 is 0 Å². The van der Waals surface area contributed by atoms with Crippen LogP contribution >= 0.6 is 31.9 Å². The summed E-state index contributed by atoms with van der Waals surface area (Å²) in [5.74, 6) is 4.55. The Bertz CT molecular complexity index is 782. The van der Waals surface area contributed by atoms with Crippen LogP contribution in [0.2, 0.25) is 0 Å². The minimum Gasteiger partial charge on any atom is -0.295 e. The van der Waals surface area contributed by atoms with E-state index in [9.17, 15) is 4.79 Å². The van der Waals surface area contributed by atoms with E-state index in [-0.39, 0.29) is 5.41 Å². The number of fused-ring (bicyclic) bond motifs is 5. The molecule has 0 N–H and O–H groups in total. The molecule has 0 heterocycles. The van der Waals surface area contributed by atoms with Crippen LogP contribution in [-0.2, 0) is 4.79 Å². The molecule has 174 valence electrons. The van der Waals surface area contributed by atoms with Crippen molar-refractivity contribution >= 4 is 37.6 Å². The lowest BCUT2D eigenvalue weighted by atomic mass is 9.49. The van der Waals surface area contributed by atoms with Crippen molar-refractivity contribution in [3.8, 4) is 0 Å². The molecule has 0 spiro atoms. The highest BCUT2D eigenvalue weighted by Crippen LogP contribution is 2.66. The van der Waals surface area contributed by atoms with E-state index in [1.807, 2.05) is 6.08 Å². The van der Waals surface area contributed by atoms with Crippen molar-refractivity contribution in [3.05, 3.63) is 23.3 Å². The van der Waals surface area contributed by atoms with Crippen LogP contribution in [0.15, 0.2) is 23.3 Å². The zero-order chi connectivity index (χ0) is 22.7. The SMILES string of the molecule is CC(C)[C@@H](C)[C@H](Br)[C@H](Br)[C@@H](C)[C@@H]1CC[C@@H]2C3=CCC4=CC(=O)CC[C@]4(C)[C@H]3CC[C@@]21C. The molecule has 0 aromatic rings. The molecule has 0 bridgehead atoms. The molecule has 3 heteroatoms. The largest absolute Gasteiger partial charge is 0.295 e. The molecule has 4 aliphatic rings. The smallest absolute Gasteiger partial charge is 0.155 e. The predicted molar refractivity (Wildman–Crippen MR) is 139 cm³/mol. The number of allylic oxidation sites excluding steroid dienone is 4. The van der Waals surface area contributed by atoms with Gasteiger partial charge >= 0.3 is 0 Å². The molecule has 0 aromatic carbocycles. The molecule has 0 amide bonds. The van der Waals surface area contributed by atoms with Crippen molar-refractivity contribution < 1.29 is 4.79 Å². The van der Waals surface area contributed by atoms with Crippen LogP contribution in [0.3, 0.4) is 0 Å². The van der Waals surface area contributed by atoms with Crippen LogP contribution in [0.5, 0.6) is 0 Å². The molecule has 0 aliphatic heterocycles. The van der Waals surface area contributed by atoms with E-state index in [1.165, 1.54) is 31.3 Å². The molecule has 1 nitrogen and oxygen atoms in total.